The normalized spacial score (nSPS) is 14.5. The van der Waals surface area contributed by atoms with Crippen LogP contribution in [-0.2, 0) is 0 Å². The van der Waals surface area contributed by atoms with Crippen LogP contribution < -0.4 is 10.6 Å². The first-order valence-corrected chi connectivity index (χ1v) is 8.10. The average molecular weight is 285 g/mol. The molecular weight excluding hydrogens is 250 g/mol. The first kappa shape index (κ1) is 19.2. The molecule has 1 unspecified atom stereocenters. The molecule has 120 valence electrons. The van der Waals surface area contributed by atoms with E-state index in [1.54, 1.807) is 0 Å². The molecule has 0 heterocycles. The van der Waals surface area contributed by atoms with Gasteiger partial charge in [-0.3, -0.25) is 4.99 Å². The van der Waals surface area contributed by atoms with Gasteiger partial charge in [-0.2, -0.15) is 0 Å². The molecule has 0 spiro atoms. The third-order valence-electron chi connectivity index (χ3n) is 4.42. The number of rotatable bonds is 9. The van der Waals surface area contributed by atoms with Crippen molar-refractivity contribution in [2.24, 2.45) is 16.3 Å². The smallest absolute Gasteiger partial charge is 0.191 e. The van der Waals surface area contributed by atoms with Gasteiger partial charge in [-0.1, -0.05) is 27.7 Å². The molecule has 0 amide bonds. The van der Waals surface area contributed by atoms with Gasteiger partial charge in [0.2, 0.25) is 0 Å². The van der Waals surface area contributed by atoms with E-state index >= 15 is 0 Å². The highest BCUT2D eigenvalue weighted by molar-refractivity contribution is 5.80. The number of aliphatic imine (C=N–C) groups is 1. The van der Waals surface area contributed by atoms with Gasteiger partial charge in [0, 0.05) is 25.7 Å². The van der Waals surface area contributed by atoms with Crippen molar-refractivity contribution in [1.82, 2.24) is 10.6 Å². The molecule has 20 heavy (non-hydrogen) atoms. The summed E-state index contributed by atoms with van der Waals surface area (Å²) < 4.78 is 0. The lowest BCUT2D eigenvalue weighted by Gasteiger charge is -2.30. The summed E-state index contributed by atoms with van der Waals surface area (Å²) in [6.07, 6.45) is 2.92. The summed E-state index contributed by atoms with van der Waals surface area (Å²) in [4.78, 5) is 4.75. The average Bonchev–Trinajstić information content (AvgIpc) is 2.43. The van der Waals surface area contributed by atoms with Crippen molar-refractivity contribution in [2.75, 3.05) is 19.7 Å². The van der Waals surface area contributed by atoms with E-state index in [0.29, 0.717) is 12.0 Å². The Balaban J connectivity index is 4.80. The fraction of sp³-hybridized carbons (Fsp3) is 0.938. The number of guanidine groups is 1. The maximum absolute atomic E-state index is 9.27. The van der Waals surface area contributed by atoms with Crippen molar-refractivity contribution < 1.29 is 5.11 Å². The van der Waals surface area contributed by atoms with Gasteiger partial charge in [-0.25, -0.2) is 0 Å². The van der Waals surface area contributed by atoms with Crippen LogP contribution in [0.4, 0.5) is 0 Å². The van der Waals surface area contributed by atoms with Crippen molar-refractivity contribution in [3.8, 4) is 0 Å². The third-order valence-corrected chi connectivity index (χ3v) is 4.42. The monoisotopic (exact) mass is 285 g/mol. The highest BCUT2D eigenvalue weighted by atomic mass is 16.3. The molecule has 0 aliphatic rings. The van der Waals surface area contributed by atoms with Gasteiger partial charge >= 0.3 is 0 Å². The Kier molecular flexibility index (Phi) is 9.64. The number of hydrogen-bond donors (Lipinski definition) is 3. The zero-order chi connectivity index (χ0) is 15.6. The minimum Gasteiger partial charge on any atom is -0.396 e. The Morgan fingerprint density at radius 1 is 1.15 bits per heavy atom. The molecule has 4 nitrogen and oxygen atoms in total. The lowest BCUT2D eigenvalue weighted by Crippen LogP contribution is -2.44. The highest BCUT2D eigenvalue weighted by Gasteiger charge is 2.25. The second-order valence-electron chi connectivity index (χ2n) is 6.05. The van der Waals surface area contributed by atoms with Crippen molar-refractivity contribution >= 4 is 5.96 Å². The molecule has 0 rings (SSSR count). The molecule has 0 saturated heterocycles. The number of aliphatic hydroxyl groups excluding tert-OH is 1. The van der Waals surface area contributed by atoms with E-state index < -0.39 is 0 Å². The molecule has 0 aromatic rings. The summed E-state index contributed by atoms with van der Waals surface area (Å²) in [6.45, 7) is 14.9. The standard InChI is InChI=1S/C16H35N3O/c1-7-16(8-2,10-11-20)12-18-15(17-9-3)19-14(6)13(4)5/h13-14,20H,7-12H2,1-6H3,(H2,17,18,19). The molecule has 0 aromatic carbocycles. The topological polar surface area (TPSA) is 56.7 Å². The quantitative estimate of drug-likeness (QED) is 0.451. The molecule has 0 aliphatic heterocycles. The maximum Gasteiger partial charge on any atom is 0.191 e. The predicted octanol–water partition coefficient (Wildman–Crippen LogP) is 2.77. The van der Waals surface area contributed by atoms with Crippen molar-refractivity contribution in [3.63, 3.8) is 0 Å². The minimum absolute atomic E-state index is 0.123. The van der Waals surface area contributed by atoms with Crippen molar-refractivity contribution in [3.05, 3.63) is 0 Å². The zero-order valence-electron chi connectivity index (χ0n) is 14.3. The van der Waals surface area contributed by atoms with E-state index in [0.717, 1.165) is 38.3 Å². The fourth-order valence-corrected chi connectivity index (χ4v) is 2.09. The van der Waals surface area contributed by atoms with Crippen LogP contribution in [0.25, 0.3) is 0 Å². The largest absolute Gasteiger partial charge is 0.396 e. The van der Waals surface area contributed by atoms with Crippen LogP contribution in [0.5, 0.6) is 0 Å². The zero-order valence-corrected chi connectivity index (χ0v) is 14.3. The molecule has 0 aromatic heterocycles. The van der Waals surface area contributed by atoms with Crippen LogP contribution in [0.15, 0.2) is 4.99 Å². The SMILES string of the molecule is CCNC(=NCC(CC)(CC)CCO)NC(C)C(C)C. The molecule has 0 aliphatic carbocycles. The second kappa shape index (κ2) is 10.0. The van der Waals surface area contributed by atoms with Crippen molar-refractivity contribution in [1.29, 1.82) is 0 Å². The highest BCUT2D eigenvalue weighted by Crippen LogP contribution is 2.30. The number of nitrogens with one attached hydrogen (secondary N) is 2. The second-order valence-corrected chi connectivity index (χ2v) is 6.05. The molecular formula is C16H35N3O. The molecule has 1 atom stereocenters. The molecule has 0 bridgehead atoms. The Bertz CT molecular complexity index is 273. The molecule has 0 radical (unpaired) electrons. The summed E-state index contributed by atoms with van der Waals surface area (Å²) in [5, 5.41) is 16.0. The summed E-state index contributed by atoms with van der Waals surface area (Å²) in [5.74, 6) is 1.45. The van der Waals surface area contributed by atoms with Gasteiger partial charge in [0.1, 0.15) is 0 Å². The number of aliphatic hydroxyl groups is 1. The van der Waals surface area contributed by atoms with E-state index in [1.165, 1.54) is 0 Å². The number of nitrogens with zero attached hydrogens (tertiary/aromatic N) is 1. The van der Waals surface area contributed by atoms with Crippen LogP contribution >= 0.6 is 0 Å². The van der Waals surface area contributed by atoms with Crippen LogP contribution in [-0.4, -0.2) is 36.8 Å². The Morgan fingerprint density at radius 2 is 1.75 bits per heavy atom. The van der Waals surface area contributed by atoms with E-state index in [4.69, 9.17) is 4.99 Å². The van der Waals surface area contributed by atoms with E-state index in [1.807, 2.05) is 0 Å². The Hall–Kier alpha value is -0.770. The third kappa shape index (κ3) is 6.60. The van der Waals surface area contributed by atoms with Crippen molar-refractivity contribution in [2.45, 2.75) is 66.8 Å². The maximum atomic E-state index is 9.27. The Morgan fingerprint density at radius 3 is 2.15 bits per heavy atom. The van der Waals surface area contributed by atoms with Gasteiger partial charge in [-0.15, -0.1) is 0 Å². The lowest BCUT2D eigenvalue weighted by molar-refractivity contribution is 0.175. The lowest BCUT2D eigenvalue weighted by atomic mass is 9.79. The van der Waals surface area contributed by atoms with Gasteiger partial charge in [0.25, 0.3) is 0 Å². The molecule has 0 fully saturated rings. The van der Waals surface area contributed by atoms with Gasteiger partial charge in [0.05, 0.1) is 0 Å². The minimum atomic E-state index is 0.123. The van der Waals surface area contributed by atoms with E-state index in [9.17, 15) is 5.11 Å². The molecule has 4 heteroatoms. The summed E-state index contributed by atoms with van der Waals surface area (Å²) in [7, 11) is 0. The summed E-state index contributed by atoms with van der Waals surface area (Å²) >= 11 is 0. The van der Waals surface area contributed by atoms with Gasteiger partial charge in [0.15, 0.2) is 5.96 Å². The predicted molar refractivity (Wildman–Crippen MR) is 88.1 cm³/mol. The fourth-order valence-electron chi connectivity index (χ4n) is 2.09. The van der Waals surface area contributed by atoms with E-state index in [2.05, 4.69) is 52.2 Å². The first-order valence-electron chi connectivity index (χ1n) is 8.10. The first-order chi connectivity index (χ1) is 9.44. The summed E-state index contributed by atoms with van der Waals surface area (Å²) in [6, 6.07) is 0.392. The van der Waals surface area contributed by atoms with Crippen LogP contribution in [0, 0.1) is 11.3 Å². The Labute approximate surface area is 125 Å². The van der Waals surface area contributed by atoms with E-state index in [-0.39, 0.29) is 12.0 Å². The molecule has 3 N–H and O–H groups in total. The van der Waals surface area contributed by atoms with Gasteiger partial charge in [-0.05, 0) is 44.4 Å². The van der Waals surface area contributed by atoms with Crippen LogP contribution in [0.2, 0.25) is 0 Å². The van der Waals surface area contributed by atoms with Crippen LogP contribution in [0.3, 0.4) is 0 Å². The number of hydrogen-bond acceptors (Lipinski definition) is 2. The molecule has 0 saturated carbocycles. The van der Waals surface area contributed by atoms with Crippen LogP contribution in [0.1, 0.15) is 60.8 Å². The van der Waals surface area contributed by atoms with Gasteiger partial charge < -0.3 is 15.7 Å². The summed E-state index contributed by atoms with van der Waals surface area (Å²) in [5.41, 5.74) is 0.123.